The number of rotatable bonds is 12. The van der Waals surface area contributed by atoms with Gasteiger partial charge in [-0.25, -0.2) is 33.7 Å². The first-order valence-electron chi connectivity index (χ1n) is 18.6. The smallest absolute Gasteiger partial charge is 0.744 e. The molecule has 0 radical (unpaired) electrons. The van der Waals surface area contributed by atoms with Crippen LogP contribution < -0.4 is 124 Å². The van der Waals surface area contributed by atoms with Gasteiger partial charge in [-0.3, -0.25) is 0 Å². The number of nitrogens with one attached hydrogen (secondary N) is 1. The van der Waals surface area contributed by atoms with Crippen molar-refractivity contribution in [2.75, 3.05) is 5.32 Å². The van der Waals surface area contributed by atoms with Gasteiger partial charge in [0.1, 0.15) is 46.2 Å². The van der Waals surface area contributed by atoms with Gasteiger partial charge in [-0.2, -0.15) is 5.11 Å². The van der Waals surface area contributed by atoms with E-state index in [1.807, 2.05) is 6.07 Å². The Bertz CT molecular complexity index is 3890. The molecule has 0 heterocycles. The van der Waals surface area contributed by atoms with E-state index >= 15 is 0 Å². The molecule has 0 aliphatic carbocycles. The Labute approximate surface area is 488 Å². The summed E-state index contributed by atoms with van der Waals surface area (Å²) in [6, 6.07) is 31.0. The second-order valence-electron chi connectivity index (χ2n) is 14.0. The van der Waals surface area contributed by atoms with Crippen LogP contribution in [-0.2, 0) is 40.5 Å². The second-order valence-corrected chi connectivity index (χ2v) is 19.5. The molecule has 0 fully saturated rings. The Kier molecular flexibility index (Phi) is 20.0. The van der Waals surface area contributed by atoms with Crippen molar-refractivity contribution in [3.8, 4) is 5.75 Å². The van der Waals surface area contributed by atoms with E-state index in [1.54, 1.807) is 30.3 Å². The molecule has 20 nitrogen and oxygen atoms in total. The summed E-state index contributed by atoms with van der Waals surface area (Å²) >= 11 is 0. The maximum absolute atomic E-state index is 12.5. The van der Waals surface area contributed by atoms with Crippen LogP contribution in [0.3, 0.4) is 0 Å². The number of para-hydroxylation sites is 1. The van der Waals surface area contributed by atoms with Gasteiger partial charge in [0.05, 0.1) is 48.0 Å². The molecule has 0 amide bonds. The number of phenolic OH excluding ortho intramolecular Hbond substituents is 1. The van der Waals surface area contributed by atoms with E-state index in [0.717, 1.165) is 42.5 Å². The van der Waals surface area contributed by atoms with E-state index < -0.39 is 71.5 Å². The zero-order valence-electron chi connectivity index (χ0n) is 36.9. The molecule has 0 saturated heterocycles. The predicted octanol–water partition coefficient (Wildman–Crippen LogP) is -2.53. The molecule has 0 saturated carbocycles. The van der Waals surface area contributed by atoms with Crippen molar-refractivity contribution in [1.82, 2.24) is 0 Å². The van der Waals surface area contributed by atoms with Gasteiger partial charge in [-0.15, -0.1) is 25.6 Å². The first-order valence-corrected chi connectivity index (χ1v) is 24.2. The monoisotopic (exact) mass is 1050 g/mol. The van der Waals surface area contributed by atoms with Crippen LogP contribution >= 0.6 is 0 Å². The van der Waals surface area contributed by atoms with Crippen molar-refractivity contribution < 1.29 is 175 Å². The molecule has 0 spiro atoms. The number of hydrogen-bond acceptors (Lipinski definition) is 20. The quantitative estimate of drug-likeness (QED) is 0.0725. The predicted molar refractivity (Wildman–Crippen MR) is 234 cm³/mol. The second kappa shape index (κ2) is 23.6. The van der Waals surface area contributed by atoms with Crippen molar-refractivity contribution in [2.24, 2.45) is 30.7 Å². The summed E-state index contributed by atoms with van der Waals surface area (Å²) in [5, 5.41) is 39.6. The van der Waals surface area contributed by atoms with E-state index in [9.17, 15) is 57.0 Å². The summed E-state index contributed by atoms with van der Waals surface area (Å²) < 4.78 is 145. The fourth-order valence-corrected chi connectivity index (χ4v) is 8.83. The van der Waals surface area contributed by atoms with Gasteiger partial charge in [-0.05, 0) is 109 Å². The fraction of sp³-hybridized carbons (Fsp3) is 0. The van der Waals surface area contributed by atoms with Crippen LogP contribution in [0.25, 0.3) is 32.3 Å². The van der Waals surface area contributed by atoms with Crippen LogP contribution in [0.4, 0.5) is 45.5 Å². The molecule has 0 bridgehead atoms. The Hall–Kier alpha value is -3.42. The third kappa shape index (κ3) is 13.6. The minimum atomic E-state index is -5.31. The topological polar surface area (TPSA) is 335 Å². The van der Waals surface area contributed by atoms with Gasteiger partial charge in [0.25, 0.3) is 0 Å². The summed E-state index contributed by atoms with van der Waals surface area (Å²) in [5.74, 6) is -0.717. The first kappa shape index (κ1) is 59.1. The van der Waals surface area contributed by atoms with Gasteiger partial charge in [0.2, 0.25) is 0 Å². The molecule has 8 aromatic rings. The zero-order valence-corrected chi connectivity index (χ0v) is 48.2. The summed E-state index contributed by atoms with van der Waals surface area (Å²) in [6.45, 7) is 0. The summed E-state index contributed by atoms with van der Waals surface area (Å²) in [5.41, 5.74) is 0.352. The molecule has 0 atom stereocenters. The molecule has 2 N–H and O–H groups in total. The summed E-state index contributed by atoms with van der Waals surface area (Å²) in [6.07, 6.45) is 0. The van der Waals surface area contributed by atoms with Crippen LogP contribution in [0.1, 0.15) is 0 Å². The number of azo groups is 3. The molecule has 0 aliphatic rings. The Morgan fingerprint density at radius 2 is 0.843 bits per heavy atom. The molecule has 0 aliphatic heterocycles. The van der Waals surface area contributed by atoms with Gasteiger partial charge >= 0.3 is 118 Å². The minimum absolute atomic E-state index is 0. The van der Waals surface area contributed by atoms with Crippen LogP contribution in [0.2, 0.25) is 0 Å². The molecular weight excluding hydrogens is 1030 g/mol. The molecule has 8 rings (SSSR count). The number of anilines is 2. The molecule has 334 valence electrons. The Balaban J connectivity index is 0.00000266. The van der Waals surface area contributed by atoms with Crippen LogP contribution in [-0.4, -0.2) is 57.0 Å². The third-order valence-corrected chi connectivity index (χ3v) is 13.1. The van der Waals surface area contributed by atoms with E-state index in [1.165, 1.54) is 60.7 Å². The molecule has 8 aromatic carbocycles. The van der Waals surface area contributed by atoms with Crippen LogP contribution in [0.5, 0.6) is 5.75 Å². The van der Waals surface area contributed by atoms with Gasteiger partial charge in [0.15, 0.2) is 5.75 Å². The number of aromatic hydroxyl groups is 1. The Morgan fingerprint density at radius 3 is 1.34 bits per heavy atom. The molecule has 0 unspecified atom stereocenters. The Morgan fingerprint density at radius 1 is 0.386 bits per heavy atom. The fourth-order valence-electron chi connectivity index (χ4n) is 6.68. The standard InChI is InChI=1S/C42H29N7O13S4.4Na/c50-42-31-12-9-26(43-25-5-2-1-3-6-25)19-24(31)20-40(66(60,61)62)41(42)49-48-39-18-16-37(33-14-11-30(23-35(33)39)65(57,58)59)46-47-38-17-15-36(32-13-10-29(22-34(32)38)64(54,55)56)45-44-27-7-4-8-28(21-27)63(51,52)53;;;;/h1-23,43,50H,(H,51,52,53)(H,54,55,56)(H,57,58,59)(H,60,61,62);;;;/q;4*+1/p-4. The van der Waals surface area contributed by atoms with Crippen molar-refractivity contribution in [3.05, 3.63) is 140 Å². The number of hydrogen-bond donors (Lipinski definition) is 2. The average molecular weight is 1060 g/mol. The zero-order chi connectivity index (χ0) is 47.2. The van der Waals surface area contributed by atoms with Crippen LogP contribution in [0, 0.1) is 0 Å². The molecule has 70 heavy (non-hydrogen) atoms. The van der Waals surface area contributed by atoms with E-state index in [4.69, 9.17) is 0 Å². The van der Waals surface area contributed by atoms with Crippen molar-refractivity contribution in [1.29, 1.82) is 0 Å². The van der Waals surface area contributed by atoms with E-state index in [0.29, 0.717) is 11.4 Å². The molecule has 28 heteroatoms. The minimum Gasteiger partial charge on any atom is -0.744 e. The SMILES string of the molecule is O=S(=O)([O-])c1cccc(N=Nc2ccc(N=Nc3ccc(N=Nc4c(S(=O)(=O)[O-])cc5cc(Nc6ccccc6)ccc5c4O)c4cc(S(=O)(=O)[O-])ccc34)c3cc(S(=O)(=O)[O-])ccc23)c1.[Na+].[Na+].[Na+].[Na+]. The number of nitrogens with zero attached hydrogens (tertiary/aromatic N) is 6. The van der Waals surface area contributed by atoms with Gasteiger partial charge in [-0.1, -0.05) is 36.4 Å². The number of fused-ring (bicyclic) bond motifs is 3. The normalized spacial score (nSPS) is 12.2. The van der Waals surface area contributed by atoms with E-state index in [-0.39, 0.29) is 179 Å². The van der Waals surface area contributed by atoms with Gasteiger partial charge < -0.3 is 28.6 Å². The van der Waals surface area contributed by atoms with E-state index in [2.05, 4.69) is 36.0 Å². The van der Waals surface area contributed by atoms with Crippen LogP contribution in [0.15, 0.2) is 190 Å². The summed E-state index contributed by atoms with van der Waals surface area (Å²) in [7, 11) is -20.2. The molecular formula is C42H25N7Na4O13S4. The first-order chi connectivity index (χ1) is 31.1. The summed E-state index contributed by atoms with van der Waals surface area (Å²) in [4.78, 5) is -2.84. The van der Waals surface area contributed by atoms with Crippen molar-refractivity contribution in [3.63, 3.8) is 0 Å². The van der Waals surface area contributed by atoms with Gasteiger partial charge in [0, 0.05) is 38.3 Å². The van der Waals surface area contributed by atoms with Crippen molar-refractivity contribution in [2.45, 2.75) is 19.6 Å². The van der Waals surface area contributed by atoms with Crippen molar-refractivity contribution >= 4 is 118 Å². The maximum Gasteiger partial charge on any atom is 1.00 e. The number of benzene rings is 8. The molecule has 0 aromatic heterocycles. The third-order valence-electron chi connectivity index (χ3n) is 9.75. The average Bonchev–Trinajstić information content (AvgIpc) is 3.26. The number of phenols is 1. The maximum atomic E-state index is 12.5. The largest absolute Gasteiger partial charge is 1.00 e.